The Hall–Kier alpha value is -1.08. The maximum absolute atomic E-state index is 9.63. The standard InChI is InChI=1S/C15H19ClN2O/c16-14-8-12(9-17)4-5-13(14)10-18-15(11-19)6-2-1-3-7-15/h4-5,8,18-19H,1-3,6-7,10-11H2. The molecule has 1 aliphatic rings. The molecule has 0 heterocycles. The van der Waals surface area contributed by atoms with E-state index in [0.29, 0.717) is 17.1 Å². The van der Waals surface area contributed by atoms with Gasteiger partial charge in [0.15, 0.2) is 0 Å². The van der Waals surface area contributed by atoms with Gasteiger partial charge in [0.05, 0.1) is 18.2 Å². The lowest BCUT2D eigenvalue weighted by molar-refractivity contribution is 0.119. The molecule has 1 fully saturated rings. The molecule has 1 aromatic rings. The van der Waals surface area contributed by atoms with Gasteiger partial charge in [-0.25, -0.2) is 0 Å². The van der Waals surface area contributed by atoms with Gasteiger partial charge in [0.2, 0.25) is 0 Å². The van der Waals surface area contributed by atoms with Crippen LogP contribution in [0.25, 0.3) is 0 Å². The number of benzene rings is 1. The van der Waals surface area contributed by atoms with Crippen LogP contribution in [-0.4, -0.2) is 17.3 Å². The monoisotopic (exact) mass is 278 g/mol. The van der Waals surface area contributed by atoms with Crippen molar-refractivity contribution in [2.75, 3.05) is 6.61 Å². The Morgan fingerprint density at radius 1 is 1.32 bits per heavy atom. The average molecular weight is 279 g/mol. The minimum absolute atomic E-state index is 0.157. The van der Waals surface area contributed by atoms with E-state index in [4.69, 9.17) is 16.9 Å². The van der Waals surface area contributed by atoms with Gasteiger partial charge in [-0.05, 0) is 30.5 Å². The van der Waals surface area contributed by atoms with Crippen molar-refractivity contribution in [3.05, 3.63) is 34.3 Å². The second-order valence-electron chi connectivity index (χ2n) is 5.27. The first kappa shape index (κ1) is 14.3. The van der Waals surface area contributed by atoms with Gasteiger partial charge in [0.25, 0.3) is 0 Å². The fourth-order valence-corrected chi connectivity index (χ4v) is 2.91. The second-order valence-corrected chi connectivity index (χ2v) is 5.68. The third-order valence-corrected chi connectivity index (χ3v) is 4.30. The van der Waals surface area contributed by atoms with Crippen molar-refractivity contribution in [1.29, 1.82) is 5.26 Å². The molecule has 0 saturated heterocycles. The molecule has 0 spiro atoms. The van der Waals surface area contributed by atoms with Gasteiger partial charge in [-0.2, -0.15) is 5.26 Å². The van der Waals surface area contributed by atoms with E-state index in [1.165, 1.54) is 6.42 Å². The molecule has 0 amide bonds. The summed E-state index contributed by atoms with van der Waals surface area (Å²) in [5, 5.41) is 22.5. The summed E-state index contributed by atoms with van der Waals surface area (Å²) in [5.74, 6) is 0. The van der Waals surface area contributed by atoms with Crippen molar-refractivity contribution in [2.45, 2.75) is 44.2 Å². The lowest BCUT2D eigenvalue weighted by Gasteiger charge is -2.36. The SMILES string of the molecule is N#Cc1ccc(CNC2(CO)CCCCC2)c(Cl)c1. The van der Waals surface area contributed by atoms with Crippen LogP contribution in [0.3, 0.4) is 0 Å². The highest BCUT2D eigenvalue weighted by atomic mass is 35.5. The Kier molecular flexibility index (Phi) is 4.81. The molecule has 1 aliphatic carbocycles. The van der Waals surface area contributed by atoms with Crippen LogP contribution in [0.15, 0.2) is 18.2 Å². The highest BCUT2D eigenvalue weighted by Gasteiger charge is 2.30. The first-order valence-electron chi connectivity index (χ1n) is 6.73. The molecule has 0 bridgehead atoms. The van der Waals surface area contributed by atoms with Crippen molar-refractivity contribution in [3.63, 3.8) is 0 Å². The fraction of sp³-hybridized carbons (Fsp3) is 0.533. The number of hydrogen-bond donors (Lipinski definition) is 2. The third-order valence-electron chi connectivity index (χ3n) is 3.95. The minimum Gasteiger partial charge on any atom is -0.394 e. The molecule has 0 unspecified atom stereocenters. The van der Waals surface area contributed by atoms with Gasteiger partial charge in [0.1, 0.15) is 0 Å². The first-order valence-corrected chi connectivity index (χ1v) is 7.11. The summed E-state index contributed by atoms with van der Waals surface area (Å²) in [6.07, 6.45) is 5.60. The van der Waals surface area contributed by atoms with E-state index >= 15 is 0 Å². The molecule has 2 rings (SSSR count). The maximum Gasteiger partial charge on any atom is 0.0992 e. The zero-order valence-electron chi connectivity index (χ0n) is 11.0. The normalized spacial score (nSPS) is 17.9. The molecule has 1 saturated carbocycles. The molecule has 0 atom stereocenters. The molecule has 1 aromatic carbocycles. The summed E-state index contributed by atoms with van der Waals surface area (Å²) in [7, 11) is 0. The number of hydrogen-bond acceptors (Lipinski definition) is 3. The van der Waals surface area contributed by atoms with E-state index in [0.717, 1.165) is 31.2 Å². The van der Waals surface area contributed by atoms with Gasteiger partial charge in [-0.15, -0.1) is 0 Å². The molecule has 0 radical (unpaired) electrons. The quantitative estimate of drug-likeness (QED) is 0.890. The van der Waals surface area contributed by atoms with Crippen LogP contribution in [0.2, 0.25) is 5.02 Å². The van der Waals surface area contributed by atoms with E-state index in [2.05, 4.69) is 11.4 Å². The van der Waals surface area contributed by atoms with E-state index in [-0.39, 0.29) is 12.1 Å². The van der Waals surface area contributed by atoms with Crippen LogP contribution in [0.4, 0.5) is 0 Å². The molecular formula is C15H19ClN2O. The Labute approximate surface area is 119 Å². The molecule has 0 aromatic heterocycles. The van der Waals surface area contributed by atoms with E-state index in [9.17, 15) is 5.11 Å². The van der Waals surface area contributed by atoms with E-state index in [1.807, 2.05) is 6.07 Å². The Morgan fingerprint density at radius 2 is 2.05 bits per heavy atom. The number of aliphatic hydroxyl groups is 1. The fourth-order valence-electron chi connectivity index (χ4n) is 2.66. The van der Waals surface area contributed by atoms with Crippen LogP contribution in [0.1, 0.15) is 43.2 Å². The third kappa shape index (κ3) is 3.48. The minimum atomic E-state index is -0.157. The van der Waals surface area contributed by atoms with Crippen LogP contribution in [-0.2, 0) is 6.54 Å². The summed E-state index contributed by atoms with van der Waals surface area (Å²) in [5.41, 5.74) is 1.39. The van der Waals surface area contributed by atoms with E-state index < -0.39 is 0 Å². The lowest BCUT2D eigenvalue weighted by atomic mass is 9.82. The Balaban J connectivity index is 2.03. The predicted molar refractivity (Wildman–Crippen MR) is 75.9 cm³/mol. The summed E-state index contributed by atoms with van der Waals surface area (Å²) in [6.45, 7) is 0.798. The molecule has 102 valence electrons. The zero-order chi connectivity index (χ0) is 13.7. The lowest BCUT2D eigenvalue weighted by Crippen LogP contribution is -2.49. The van der Waals surface area contributed by atoms with Gasteiger partial charge in [-0.3, -0.25) is 0 Å². The number of nitrogens with zero attached hydrogens (tertiary/aromatic N) is 1. The maximum atomic E-state index is 9.63. The van der Waals surface area contributed by atoms with Crippen LogP contribution in [0.5, 0.6) is 0 Å². The topological polar surface area (TPSA) is 56.0 Å². The number of aliphatic hydroxyl groups excluding tert-OH is 1. The average Bonchev–Trinajstić information content (AvgIpc) is 2.47. The zero-order valence-corrected chi connectivity index (χ0v) is 11.7. The van der Waals surface area contributed by atoms with Crippen LogP contribution < -0.4 is 5.32 Å². The molecule has 3 nitrogen and oxygen atoms in total. The number of halogens is 1. The van der Waals surface area contributed by atoms with Crippen LogP contribution in [0, 0.1) is 11.3 Å². The first-order chi connectivity index (χ1) is 9.19. The number of nitrogens with one attached hydrogen (secondary N) is 1. The number of nitriles is 1. The van der Waals surface area contributed by atoms with Crippen molar-refractivity contribution in [1.82, 2.24) is 5.32 Å². The molecule has 0 aliphatic heterocycles. The van der Waals surface area contributed by atoms with Gasteiger partial charge in [0, 0.05) is 17.1 Å². The predicted octanol–water partition coefficient (Wildman–Crippen LogP) is 3.00. The van der Waals surface area contributed by atoms with Crippen LogP contribution >= 0.6 is 11.6 Å². The highest BCUT2D eigenvalue weighted by Crippen LogP contribution is 2.28. The van der Waals surface area contributed by atoms with Crippen molar-refractivity contribution < 1.29 is 5.11 Å². The highest BCUT2D eigenvalue weighted by molar-refractivity contribution is 6.31. The van der Waals surface area contributed by atoms with Crippen molar-refractivity contribution in [3.8, 4) is 6.07 Å². The summed E-state index contributed by atoms with van der Waals surface area (Å²) in [4.78, 5) is 0. The van der Waals surface area contributed by atoms with E-state index in [1.54, 1.807) is 12.1 Å². The van der Waals surface area contributed by atoms with Gasteiger partial charge in [-0.1, -0.05) is 36.9 Å². The largest absolute Gasteiger partial charge is 0.394 e. The summed E-state index contributed by atoms with van der Waals surface area (Å²) in [6, 6.07) is 7.41. The van der Waals surface area contributed by atoms with Crippen molar-refractivity contribution >= 4 is 11.6 Å². The summed E-state index contributed by atoms with van der Waals surface area (Å²) < 4.78 is 0. The Bertz CT molecular complexity index is 476. The summed E-state index contributed by atoms with van der Waals surface area (Å²) >= 11 is 6.16. The molecule has 19 heavy (non-hydrogen) atoms. The van der Waals surface area contributed by atoms with Gasteiger partial charge >= 0.3 is 0 Å². The van der Waals surface area contributed by atoms with Crippen molar-refractivity contribution in [2.24, 2.45) is 0 Å². The Morgan fingerprint density at radius 3 is 2.63 bits per heavy atom. The molecule has 4 heteroatoms. The number of rotatable bonds is 4. The second kappa shape index (κ2) is 6.38. The molecular weight excluding hydrogens is 260 g/mol. The molecule has 2 N–H and O–H groups in total. The van der Waals surface area contributed by atoms with Gasteiger partial charge < -0.3 is 10.4 Å². The smallest absolute Gasteiger partial charge is 0.0992 e.